The lowest BCUT2D eigenvalue weighted by molar-refractivity contribution is -0.140. The van der Waals surface area contributed by atoms with Crippen molar-refractivity contribution in [3.8, 4) is 0 Å². The average molecular weight is 295 g/mol. The van der Waals surface area contributed by atoms with Gasteiger partial charge < -0.3 is 20.2 Å². The van der Waals surface area contributed by atoms with Gasteiger partial charge in [-0.25, -0.2) is 9.59 Å². The number of anilines is 2. The number of hydrogen-bond acceptors (Lipinski definition) is 4. The third-order valence-corrected chi connectivity index (χ3v) is 4.07. The summed E-state index contributed by atoms with van der Waals surface area (Å²) in [5.41, 5.74) is 1.54. The molecule has 6 nitrogen and oxygen atoms in total. The number of para-hydroxylation sites is 2. The lowest BCUT2D eigenvalue weighted by Crippen LogP contribution is -2.44. The van der Waals surface area contributed by atoms with Gasteiger partial charge in [0.1, 0.15) is 6.04 Å². The molecule has 1 aromatic rings. The maximum atomic E-state index is 12.2. The Morgan fingerprint density at radius 2 is 2.10 bits per heavy atom. The Hall–Kier alpha value is -1.89. The van der Waals surface area contributed by atoms with E-state index < -0.39 is 12.0 Å². The van der Waals surface area contributed by atoms with Crippen LogP contribution in [0.2, 0.25) is 0 Å². The lowest BCUT2D eigenvalue weighted by Gasteiger charge is -2.23. The number of nitrogens with zero attached hydrogens (tertiary/aromatic N) is 2. The van der Waals surface area contributed by atoms with Gasteiger partial charge in [0, 0.05) is 19.8 Å². The van der Waals surface area contributed by atoms with E-state index in [9.17, 15) is 9.59 Å². The number of benzene rings is 1. The molecule has 7 heteroatoms. The van der Waals surface area contributed by atoms with E-state index >= 15 is 0 Å². The molecule has 2 rings (SSSR count). The second-order valence-electron chi connectivity index (χ2n) is 4.67. The van der Waals surface area contributed by atoms with Crippen LogP contribution in [0.3, 0.4) is 0 Å². The SMILES string of the molecule is CN(C)c1ccccc1NC(=O)N1CSCC1C(=O)O. The highest BCUT2D eigenvalue weighted by atomic mass is 32.2. The summed E-state index contributed by atoms with van der Waals surface area (Å²) in [5.74, 6) is -0.142. The second-order valence-corrected chi connectivity index (χ2v) is 5.67. The van der Waals surface area contributed by atoms with Crippen molar-refractivity contribution in [2.24, 2.45) is 0 Å². The summed E-state index contributed by atoms with van der Waals surface area (Å²) in [4.78, 5) is 26.6. The number of hydrogen-bond donors (Lipinski definition) is 2. The van der Waals surface area contributed by atoms with E-state index in [-0.39, 0.29) is 6.03 Å². The lowest BCUT2D eigenvalue weighted by atomic mass is 10.2. The summed E-state index contributed by atoms with van der Waals surface area (Å²) in [6.45, 7) is 0. The highest BCUT2D eigenvalue weighted by Gasteiger charge is 2.34. The molecular formula is C13H17N3O3S. The van der Waals surface area contributed by atoms with Crippen molar-refractivity contribution >= 4 is 35.1 Å². The van der Waals surface area contributed by atoms with Gasteiger partial charge in [0.2, 0.25) is 0 Å². The van der Waals surface area contributed by atoms with Crippen LogP contribution in [0.1, 0.15) is 0 Å². The number of rotatable bonds is 3. The van der Waals surface area contributed by atoms with Gasteiger partial charge in [0.25, 0.3) is 0 Å². The number of aliphatic carboxylic acids is 1. The van der Waals surface area contributed by atoms with Crippen molar-refractivity contribution in [3.05, 3.63) is 24.3 Å². The number of carbonyl (C=O) groups excluding carboxylic acids is 1. The van der Waals surface area contributed by atoms with Gasteiger partial charge in [-0.3, -0.25) is 0 Å². The fourth-order valence-electron chi connectivity index (χ4n) is 2.00. The Bertz CT molecular complexity index is 521. The number of nitrogens with one attached hydrogen (secondary N) is 1. The number of carbonyl (C=O) groups is 2. The van der Waals surface area contributed by atoms with Crippen LogP contribution in [0.15, 0.2) is 24.3 Å². The maximum Gasteiger partial charge on any atom is 0.327 e. The van der Waals surface area contributed by atoms with Crippen LogP contribution in [0.5, 0.6) is 0 Å². The van der Waals surface area contributed by atoms with Crippen molar-refractivity contribution in [1.29, 1.82) is 0 Å². The Balaban J connectivity index is 2.14. The first-order valence-electron chi connectivity index (χ1n) is 6.15. The highest BCUT2D eigenvalue weighted by Crippen LogP contribution is 2.26. The van der Waals surface area contributed by atoms with Gasteiger partial charge in [0.05, 0.1) is 17.3 Å². The van der Waals surface area contributed by atoms with Crippen molar-refractivity contribution in [2.45, 2.75) is 6.04 Å². The van der Waals surface area contributed by atoms with Crippen molar-refractivity contribution in [1.82, 2.24) is 4.90 Å². The first-order valence-corrected chi connectivity index (χ1v) is 7.30. The summed E-state index contributed by atoms with van der Waals surface area (Å²) in [6, 6.07) is 6.27. The van der Waals surface area contributed by atoms with Crippen LogP contribution >= 0.6 is 11.8 Å². The van der Waals surface area contributed by atoms with Crippen molar-refractivity contribution < 1.29 is 14.7 Å². The molecule has 1 aliphatic heterocycles. The molecule has 1 fully saturated rings. The molecular weight excluding hydrogens is 278 g/mol. The largest absolute Gasteiger partial charge is 0.480 e. The predicted molar refractivity (Wildman–Crippen MR) is 80.4 cm³/mol. The average Bonchev–Trinajstić information content (AvgIpc) is 2.88. The van der Waals surface area contributed by atoms with Gasteiger partial charge >= 0.3 is 12.0 Å². The third kappa shape index (κ3) is 2.98. The number of urea groups is 1. The molecule has 2 amide bonds. The molecule has 0 radical (unpaired) electrons. The molecule has 1 heterocycles. The molecule has 1 aromatic carbocycles. The molecule has 1 unspecified atom stereocenters. The topological polar surface area (TPSA) is 72.9 Å². The van der Waals surface area contributed by atoms with E-state index in [1.807, 2.05) is 37.2 Å². The zero-order chi connectivity index (χ0) is 14.7. The molecule has 0 aliphatic carbocycles. The standard InChI is InChI=1S/C13H17N3O3S/c1-15(2)10-6-4-3-5-9(10)14-13(19)16-8-20-7-11(16)12(17)18/h3-6,11H,7-8H2,1-2H3,(H,14,19)(H,17,18). The van der Waals surface area contributed by atoms with Crippen LogP contribution in [-0.2, 0) is 4.79 Å². The summed E-state index contributed by atoms with van der Waals surface area (Å²) in [7, 11) is 3.77. The fourth-order valence-corrected chi connectivity index (χ4v) is 3.15. The molecule has 0 bridgehead atoms. The predicted octanol–water partition coefficient (Wildman–Crippen LogP) is 1.74. The number of carboxylic acids is 1. The van der Waals surface area contributed by atoms with Crippen molar-refractivity contribution in [3.63, 3.8) is 0 Å². The Morgan fingerprint density at radius 3 is 2.75 bits per heavy atom. The van der Waals surface area contributed by atoms with Crippen LogP contribution in [0.4, 0.5) is 16.2 Å². The quantitative estimate of drug-likeness (QED) is 0.888. The summed E-state index contributed by atoms with van der Waals surface area (Å²) in [5, 5.41) is 11.9. The normalized spacial score (nSPS) is 17.9. The van der Waals surface area contributed by atoms with E-state index in [2.05, 4.69) is 5.32 Å². The minimum absolute atomic E-state index is 0.378. The third-order valence-electron chi connectivity index (χ3n) is 3.06. The summed E-state index contributed by atoms with van der Waals surface area (Å²) >= 11 is 1.44. The zero-order valence-corrected chi connectivity index (χ0v) is 12.2. The monoisotopic (exact) mass is 295 g/mol. The van der Waals surface area contributed by atoms with Gasteiger partial charge in [-0.2, -0.15) is 0 Å². The van der Waals surface area contributed by atoms with Crippen LogP contribution in [-0.4, -0.2) is 53.8 Å². The van der Waals surface area contributed by atoms with Crippen LogP contribution < -0.4 is 10.2 Å². The van der Waals surface area contributed by atoms with Gasteiger partial charge in [0.15, 0.2) is 0 Å². The first-order chi connectivity index (χ1) is 9.50. The van der Waals surface area contributed by atoms with Gasteiger partial charge in [-0.15, -0.1) is 11.8 Å². The molecule has 20 heavy (non-hydrogen) atoms. The number of amides is 2. The first kappa shape index (κ1) is 14.5. The zero-order valence-electron chi connectivity index (χ0n) is 11.4. The van der Waals surface area contributed by atoms with Crippen LogP contribution in [0, 0.1) is 0 Å². The minimum Gasteiger partial charge on any atom is -0.480 e. The minimum atomic E-state index is -0.967. The highest BCUT2D eigenvalue weighted by molar-refractivity contribution is 7.99. The molecule has 0 aromatic heterocycles. The summed E-state index contributed by atoms with van der Waals surface area (Å²) in [6.07, 6.45) is 0. The van der Waals surface area contributed by atoms with E-state index in [1.165, 1.54) is 16.7 Å². The van der Waals surface area contributed by atoms with Crippen molar-refractivity contribution in [2.75, 3.05) is 35.9 Å². The smallest absolute Gasteiger partial charge is 0.327 e. The molecule has 108 valence electrons. The molecule has 1 saturated heterocycles. The molecule has 2 N–H and O–H groups in total. The van der Waals surface area contributed by atoms with Gasteiger partial charge in [-0.1, -0.05) is 12.1 Å². The number of carboxylic acid groups (broad SMARTS) is 1. The maximum absolute atomic E-state index is 12.2. The van der Waals surface area contributed by atoms with Gasteiger partial charge in [-0.05, 0) is 12.1 Å². The summed E-state index contributed by atoms with van der Waals surface area (Å²) < 4.78 is 0. The second kappa shape index (κ2) is 6.04. The molecule has 0 saturated carbocycles. The Kier molecular flexibility index (Phi) is 4.39. The Labute approximate surface area is 121 Å². The number of thioether (sulfide) groups is 1. The fraction of sp³-hybridized carbons (Fsp3) is 0.385. The van der Waals surface area contributed by atoms with E-state index in [0.717, 1.165) is 5.69 Å². The van der Waals surface area contributed by atoms with E-state index in [4.69, 9.17) is 5.11 Å². The van der Waals surface area contributed by atoms with E-state index in [1.54, 1.807) is 6.07 Å². The Morgan fingerprint density at radius 1 is 1.40 bits per heavy atom. The van der Waals surface area contributed by atoms with E-state index in [0.29, 0.717) is 17.3 Å². The van der Waals surface area contributed by atoms with Crippen LogP contribution in [0.25, 0.3) is 0 Å². The molecule has 0 spiro atoms. The molecule has 1 atom stereocenters. The molecule has 1 aliphatic rings.